The van der Waals surface area contributed by atoms with Gasteiger partial charge in [0.1, 0.15) is 5.56 Å². The van der Waals surface area contributed by atoms with Crippen molar-refractivity contribution < 1.29 is 14.6 Å². The van der Waals surface area contributed by atoms with E-state index in [1.807, 2.05) is 13.8 Å². The number of carboxylic acids is 1. The molecule has 0 amide bonds. The predicted octanol–water partition coefficient (Wildman–Crippen LogP) is 1.08. The molecule has 0 aliphatic rings. The second-order valence-electron chi connectivity index (χ2n) is 3.71. The molecule has 1 rings (SSSR count). The van der Waals surface area contributed by atoms with Crippen LogP contribution in [0.3, 0.4) is 0 Å². The number of ether oxygens (including phenoxy) is 1. The zero-order valence-corrected chi connectivity index (χ0v) is 8.50. The lowest BCUT2D eigenvalue weighted by Gasteiger charge is -2.21. The first-order chi connectivity index (χ1) is 6.46. The number of hydrogen-bond donors (Lipinski definition) is 2. The van der Waals surface area contributed by atoms with Gasteiger partial charge in [-0.05, 0) is 13.8 Å². The van der Waals surface area contributed by atoms with Gasteiger partial charge >= 0.3 is 5.97 Å². The molecule has 0 unspecified atom stereocenters. The van der Waals surface area contributed by atoms with Crippen molar-refractivity contribution in [2.24, 2.45) is 0 Å². The predicted molar refractivity (Wildman–Crippen MR) is 50.3 cm³/mol. The van der Waals surface area contributed by atoms with Gasteiger partial charge in [-0.2, -0.15) is 5.10 Å². The second-order valence-corrected chi connectivity index (χ2v) is 3.71. The Morgan fingerprint density at radius 1 is 1.71 bits per heavy atom. The molecule has 0 aliphatic heterocycles. The highest BCUT2D eigenvalue weighted by molar-refractivity contribution is 5.88. The van der Waals surface area contributed by atoms with E-state index in [0.717, 1.165) is 0 Å². The van der Waals surface area contributed by atoms with Crippen molar-refractivity contribution in [3.63, 3.8) is 0 Å². The van der Waals surface area contributed by atoms with Gasteiger partial charge in [0, 0.05) is 13.5 Å². The lowest BCUT2D eigenvalue weighted by molar-refractivity contribution is 0.0221. The van der Waals surface area contributed by atoms with Crippen LogP contribution in [0.4, 0.5) is 0 Å². The van der Waals surface area contributed by atoms with Crippen molar-refractivity contribution in [3.8, 4) is 0 Å². The maximum atomic E-state index is 10.8. The van der Waals surface area contributed by atoms with Gasteiger partial charge in [0.05, 0.1) is 17.5 Å². The number of aromatic amines is 1. The Balaban J connectivity index is 2.86. The Bertz CT molecular complexity index is 331. The maximum Gasteiger partial charge on any atom is 0.339 e. The van der Waals surface area contributed by atoms with Gasteiger partial charge in [0.25, 0.3) is 0 Å². The average molecular weight is 198 g/mol. The number of aromatic nitrogens is 2. The fraction of sp³-hybridized carbons (Fsp3) is 0.556. The summed E-state index contributed by atoms with van der Waals surface area (Å²) in [5.74, 6) is -0.972. The number of hydrogen-bond acceptors (Lipinski definition) is 3. The van der Waals surface area contributed by atoms with E-state index >= 15 is 0 Å². The first-order valence-electron chi connectivity index (χ1n) is 4.27. The minimum absolute atomic E-state index is 0.204. The zero-order chi connectivity index (χ0) is 10.8. The number of nitrogens with zero attached hydrogens (tertiary/aromatic N) is 1. The number of rotatable bonds is 4. The van der Waals surface area contributed by atoms with E-state index in [2.05, 4.69) is 10.2 Å². The van der Waals surface area contributed by atoms with Crippen molar-refractivity contribution in [3.05, 3.63) is 17.5 Å². The standard InChI is InChI=1S/C9H14N2O3/c1-9(2,14-3)4-7-6(8(12)13)5-10-11-7/h5H,4H2,1-3H3,(H,10,11)(H,12,13). The summed E-state index contributed by atoms with van der Waals surface area (Å²) >= 11 is 0. The molecule has 78 valence electrons. The molecule has 0 radical (unpaired) electrons. The molecule has 0 atom stereocenters. The largest absolute Gasteiger partial charge is 0.478 e. The van der Waals surface area contributed by atoms with Gasteiger partial charge in [0.15, 0.2) is 0 Å². The quantitative estimate of drug-likeness (QED) is 0.759. The van der Waals surface area contributed by atoms with Crippen LogP contribution in [0.15, 0.2) is 6.20 Å². The Labute approximate surface area is 82.1 Å². The van der Waals surface area contributed by atoms with Crippen LogP contribution in [-0.2, 0) is 11.2 Å². The van der Waals surface area contributed by atoms with E-state index in [4.69, 9.17) is 9.84 Å². The van der Waals surface area contributed by atoms with Crippen LogP contribution in [0, 0.1) is 0 Å². The van der Waals surface area contributed by atoms with Gasteiger partial charge < -0.3 is 9.84 Å². The van der Waals surface area contributed by atoms with Crippen molar-refractivity contribution in [2.75, 3.05) is 7.11 Å². The van der Waals surface area contributed by atoms with Gasteiger partial charge in [-0.1, -0.05) is 0 Å². The minimum atomic E-state index is -0.972. The van der Waals surface area contributed by atoms with E-state index in [1.165, 1.54) is 6.20 Å². The fourth-order valence-corrected chi connectivity index (χ4v) is 1.13. The van der Waals surface area contributed by atoms with Crippen LogP contribution in [0.25, 0.3) is 0 Å². The molecule has 2 N–H and O–H groups in total. The number of H-pyrrole nitrogens is 1. The van der Waals surface area contributed by atoms with Crippen molar-refractivity contribution in [2.45, 2.75) is 25.9 Å². The number of methoxy groups -OCH3 is 1. The molecular weight excluding hydrogens is 184 g/mol. The van der Waals surface area contributed by atoms with Crippen LogP contribution in [0.5, 0.6) is 0 Å². The third-order valence-corrected chi connectivity index (χ3v) is 2.10. The summed E-state index contributed by atoms with van der Waals surface area (Å²) in [6.45, 7) is 3.78. The molecule has 0 spiro atoms. The maximum absolute atomic E-state index is 10.8. The second kappa shape index (κ2) is 3.79. The van der Waals surface area contributed by atoms with Crippen LogP contribution >= 0.6 is 0 Å². The average Bonchev–Trinajstić information content (AvgIpc) is 2.51. The first-order valence-corrected chi connectivity index (χ1v) is 4.27. The molecule has 1 aromatic rings. The van der Waals surface area contributed by atoms with E-state index < -0.39 is 11.6 Å². The zero-order valence-electron chi connectivity index (χ0n) is 8.50. The molecule has 0 aromatic carbocycles. The summed E-state index contributed by atoms with van der Waals surface area (Å²) in [5.41, 5.74) is 0.399. The summed E-state index contributed by atoms with van der Waals surface area (Å²) in [4.78, 5) is 10.8. The third kappa shape index (κ3) is 2.32. The summed E-state index contributed by atoms with van der Waals surface area (Å²) in [6.07, 6.45) is 1.80. The molecule has 5 heteroatoms. The molecule has 0 saturated carbocycles. The highest BCUT2D eigenvalue weighted by Gasteiger charge is 2.22. The van der Waals surface area contributed by atoms with Crippen LogP contribution in [0.1, 0.15) is 29.9 Å². The normalized spacial score (nSPS) is 11.6. The lowest BCUT2D eigenvalue weighted by Crippen LogP contribution is -2.26. The van der Waals surface area contributed by atoms with Crippen LogP contribution in [-0.4, -0.2) is 34.0 Å². The topological polar surface area (TPSA) is 75.2 Å². The van der Waals surface area contributed by atoms with Crippen LogP contribution in [0.2, 0.25) is 0 Å². The molecule has 1 aromatic heterocycles. The molecule has 0 fully saturated rings. The Morgan fingerprint density at radius 3 is 2.86 bits per heavy atom. The van der Waals surface area contributed by atoms with Crippen LogP contribution < -0.4 is 0 Å². The highest BCUT2D eigenvalue weighted by Crippen LogP contribution is 2.17. The molecule has 0 saturated heterocycles. The first kappa shape index (κ1) is 10.7. The molecule has 1 heterocycles. The smallest absolute Gasteiger partial charge is 0.339 e. The molecule has 0 bridgehead atoms. The highest BCUT2D eigenvalue weighted by atomic mass is 16.5. The van der Waals surface area contributed by atoms with Gasteiger partial charge in [-0.25, -0.2) is 4.79 Å². The summed E-state index contributed by atoms with van der Waals surface area (Å²) in [5, 5.41) is 15.2. The van der Waals surface area contributed by atoms with E-state index in [1.54, 1.807) is 7.11 Å². The number of carbonyl (C=O) groups is 1. The minimum Gasteiger partial charge on any atom is -0.478 e. The SMILES string of the molecule is COC(C)(C)Cc1[nH]ncc1C(=O)O. The monoisotopic (exact) mass is 198 g/mol. The van der Waals surface area contributed by atoms with Gasteiger partial charge in [-0.15, -0.1) is 0 Å². The molecule has 5 nitrogen and oxygen atoms in total. The fourth-order valence-electron chi connectivity index (χ4n) is 1.13. The molecule has 14 heavy (non-hydrogen) atoms. The summed E-state index contributed by atoms with van der Waals surface area (Å²) < 4.78 is 5.21. The van der Waals surface area contributed by atoms with Gasteiger partial charge in [-0.3, -0.25) is 5.10 Å². The number of nitrogens with one attached hydrogen (secondary N) is 1. The van der Waals surface area contributed by atoms with E-state index in [0.29, 0.717) is 12.1 Å². The Kier molecular flexibility index (Phi) is 2.90. The summed E-state index contributed by atoms with van der Waals surface area (Å²) in [6, 6.07) is 0. The Hall–Kier alpha value is -1.36. The van der Waals surface area contributed by atoms with E-state index in [9.17, 15) is 4.79 Å². The number of carboxylic acid groups (broad SMARTS) is 1. The molecule has 0 aliphatic carbocycles. The lowest BCUT2D eigenvalue weighted by atomic mass is 10.0. The summed E-state index contributed by atoms with van der Waals surface area (Å²) in [7, 11) is 1.59. The van der Waals surface area contributed by atoms with Gasteiger partial charge in [0.2, 0.25) is 0 Å². The van der Waals surface area contributed by atoms with Crippen molar-refractivity contribution in [1.82, 2.24) is 10.2 Å². The third-order valence-electron chi connectivity index (χ3n) is 2.10. The van der Waals surface area contributed by atoms with E-state index in [-0.39, 0.29) is 5.56 Å². The van der Waals surface area contributed by atoms with Crippen molar-refractivity contribution in [1.29, 1.82) is 0 Å². The Morgan fingerprint density at radius 2 is 2.36 bits per heavy atom. The number of aromatic carboxylic acids is 1. The molecular formula is C9H14N2O3. The van der Waals surface area contributed by atoms with Crippen molar-refractivity contribution >= 4 is 5.97 Å².